The van der Waals surface area contributed by atoms with Crippen molar-refractivity contribution in [1.82, 2.24) is 18.7 Å². The zero-order valence-corrected chi connectivity index (χ0v) is 19.8. The Morgan fingerprint density at radius 2 is 1.91 bits per heavy atom. The minimum absolute atomic E-state index is 0.318. The number of aromatic nitrogens is 4. The summed E-state index contributed by atoms with van der Waals surface area (Å²) >= 11 is 12.5. The van der Waals surface area contributed by atoms with Crippen molar-refractivity contribution in [3.63, 3.8) is 0 Å². The lowest BCUT2D eigenvalue weighted by atomic mass is 9.81. The van der Waals surface area contributed by atoms with E-state index in [4.69, 9.17) is 28.9 Å². The highest BCUT2D eigenvalue weighted by Gasteiger charge is 2.23. The van der Waals surface area contributed by atoms with E-state index in [1.165, 1.54) is 24.5 Å². The molecule has 3 N–H and O–H groups in total. The first-order valence-corrected chi connectivity index (χ1v) is 11.6. The highest BCUT2D eigenvalue weighted by atomic mass is 35.5. The van der Waals surface area contributed by atoms with E-state index >= 15 is 0 Å². The van der Waals surface area contributed by atoms with E-state index in [-0.39, 0.29) is 0 Å². The fourth-order valence-electron chi connectivity index (χ4n) is 4.59. The molecule has 2 heterocycles. The Labute approximate surface area is 195 Å². The quantitative estimate of drug-likeness (QED) is 0.567. The summed E-state index contributed by atoms with van der Waals surface area (Å²) in [5.41, 5.74) is 6.58. The van der Waals surface area contributed by atoms with Crippen LogP contribution >= 0.6 is 23.2 Å². The first-order valence-electron chi connectivity index (χ1n) is 10.8. The third kappa shape index (κ3) is 4.31. The van der Waals surface area contributed by atoms with E-state index in [1.54, 1.807) is 23.7 Å². The molecule has 4 rings (SSSR count). The standard InChI is InChI=1S/C22H28Cl2N6O2/c1-28-19-18(20(31)29(2)22(28)32)30(12-15-6-7-16(23)9-17(15)24)21(27-19)26-11-14-5-3-4-13(8-14)10-25/h6-7,9,13-14H,3-5,8,10-12,25H2,1-2H3,(H,26,27)/t13-,14-/m1/s1. The van der Waals surface area contributed by atoms with Gasteiger partial charge in [0.1, 0.15) is 0 Å². The monoisotopic (exact) mass is 478 g/mol. The van der Waals surface area contributed by atoms with Gasteiger partial charge in [0, 0.05) is 30.7 Å². The average Bonchev–Trinajstić information content (AvgIpc) is 3.15. The van der Waals surface area contributed by atoms with Gasteiger partial charge in [0.25, 0.3) is 5.56 Å². The van der Waals surface area contributed by atoms with Crippen LogP contribution in [0.1, 0.15) is 31.2 Å². The maximum Gasteiger partial charge on any atom is 0.332 e. The van der Waals surface area contributed by atoms with Gasteiger partial charge >= 0.3 is 5.69 Å². The Balaban J connectivity index is 1.76. The molecule has 0 spiro atoms. The zero-order chi connectivity index (χ0) is 23.0. The molecule has 10 heteroatoms. The summed E-state index contributed by atoms with van der Waals surface area (Å²) in [6.07, 6.45) is 4.55. The van der Waals surface area contributed by atoms with Crippen molar-refractivity contribution in [2.45, 2.75) is 32.2 Å². The molecule has 32 heavy (non-hydrogen) atoms. The molecule has 0 bridgehead atoms. The molecular formula is C22H28Cl2N6O2. The summed E-state index contributed by atoms with van der Waals surface area (Å²) in [6, 6.07) is 5.27. The number of anilines is 1. The van der Waals surface area contributed by atoms with Gasteiger partial charge in [-0.2, -0.15) is 4.98 Å². The van der Waals surface area contributed by atoms with Crippen LogP contribution in [-0.2, 0) is 20.6 Å². The van der Waals surface area contributed by atoms with Crippen LogP contribution in [0.3, 0.4) is 0 Å². The molecule has 1 aliphatic rings. The lowest BCUT2D eigenvalue weighted by Crippen LogP contribution is -2.37. The molecule has 1 aliphatic carbocycles. The highest BCUT2D eigenvalue weighted by molar-refractivity contribution is 6.35. The van der Waals surface area contributed by atoms with Crippen LogP contribution in [0.5, 0.6) is 0 Å². The third-order valence-electron chi connectivity index (χ3n) is 6.47. The Morgan fingerprint density at radius 3 is 2.62 bits per heavy atom. The Bertz CT molecular complexity index is 1260. The molecule has 1 aromatic carbocycles. The third-order valence-corrected chi connectivity index (χ3v) is 7.05. The maximum atomic E-state index is 13.0. The minimum atomic E-state index is -0.415. The van der Waals surface area contributed by atoms with Crippen LogP contribution in [0.15, 0.2) is 27.8 Å². The Hall–Kier alpha value is -2.29. The number of nitrogens with zero attached hydrogens (tertiary/aromatic N) is 4. The molecule has 0 aliphatic heterocycles. The summed E-state index contributed by atoms with van der Waals surface area (Å²) < 4.78 is 4.29. The van der Waals surface area contributed by atoms with Crippen molar-refractivity contribution in [3.05, 3.63) is 54.6 Å². The number of fused-ring (bicyclic) bond motifs is 1. The molecule has 2 atom stereocenters. The average molecular weight is 479 g/mol. The number of halogens is 2. The minimum Gasteiger partial charge on any atom is -0.355 e. The fraction of sp³-hybridized carbons (Fsp3) is 0.500. The number of nitrogens with two attached hydrogens (primary N) is 1. The molecule has 1 saturated carbocycles. The van der Waals surface area contributed by atoms with Crippen molar-refractivity contribution in [1.29, 1.82) is 0 Å². The van der Waals surface area contributed by atoms with Crippen molar-refractivity contribution in [3.8, 4) is 0 Å². The van der Waals surface area contributed by atoms with Crippen molar-refractivity contribution >= 4 is 40.3 Å². The van der Waals surface area contributed by atoms with Gasteiger partial charge in [-0.05, 0) is 55.3 Å². The SMILES string of the molecule is Cn1c(=O)c2c(nc(NC[C@@H]3CCC[C@@H](CN)C3)n2Cc2ccc(Cl)cc2Cl)n(C)c1=O. The van der Waals surface area contributed by atoms with Crippen molar-refractivity contribution in [2.75, 3.05) is 18.4 Å². The smallest absolute Gasteiger partial charge is 0.332 e. The molecule has 172 valence electrons. The zero-order valence-electron chi connectivity index (χ0n) is 18.3. The summed E-state index contributed by atoms with van der Waals surface area (Å²) in [7, 11) is 3.09. The van der Waals surface area contributed by atoms with Crippen LogP contribution in [0.2, 0.25) is 10.0 Å². The molecule has 0 unspecified atom stereocenters. The van der Waals surface area contributed by atoms with Gasteiger partial charge < -0.3 is 11.1 Å². The predicted octanol–water partition coefficient (Wildman–Crippen LogP) is 2.97. The second kappa shape index (κ2) is 9.29. The Morgan fingerprint density at radius 1 is 1.16 bits per heavy atom. The van der Waals surface area contributed by atoms with Gasteiger partial charge in [-0.3, -0.25) is 18.5 Å². The normalized spacial score (nSPS) is 18.9. The van der Waals surface area contributed by atoms with E-state index in [9.17, 15) is 9.59 Å². The molecule has 3 aromatic rings. The van der Waals surface area contributed by atoms with E-state index in [0.29, 0.717) is 52.1 Å². The lowest BCUT2D eigenvalue weighted by Gasteiger charge is -2.28. The number of imidazole rings is 1. The second-order valence-electron chi connectivity index (χ2n) is 8.65. The molecule has 8 nitrogen and oxygen atoms in total. The molecule has 2 aromatic heterocycles. The van der Waals surface area contributed by atoms with Crippen molar-refractivity contribution in [2.24, 2.45) is 31.7 Å². The summed E-state index contributed by atoms with van der Waals surface area (Å²) in [4.78, 5) is 30.2. The van der Waals surface area contributed by atoms with Crippen LogP contribution in [-0.4, -0.2) is 31.8 Å². The summed E-state index contributed by atoms with van der Waals surface area (Å²) in [6.45, 7) is 1.75. The number of hydrogen-bond donors (Lipinski definition) is 2. The first kappa shape index (κ1) is 22.9. The van der Waals surface area contributed by atoms with Gasteiger partial charge in [0.05, 0.1) is 6.54 Å². The molecular weight excluding hydrogens is 451 g/mol. The second-order valence-corrected chi connectivity index (χ2v) is 9.49. The number of nitrogens with one attached hydrogen (secondary N) is 1. The summed E-state index contributed by atoms with van der Waals surface area (Å²) in [5.74, 6) is 1.57. The number of aryl methyl sites for hydroxylation is 1. The first-order chi connectivity index (χ1) is 15.3. The van der Waals surface area contributed by atoms with Crippen LogP contribution < -0.4 is 22.3 Å². The van der Waals surface area contributed by atoms with Gasteiger partial charge in [-0.15, -0.1) is 0 Å². The molecule has 0 saturated heterocycles. The van der Waals surface area contributed by atoms with Gasteiger partial charge in [0.15, 0.2) is 11.2 Å². The number of hydrogen-bond acceptors (Lipinski definition) is 5. The summed E-state index contributed by atoms with van der Waals surface area (Å²) in [5, 5.41) is 4.48. The molecule has 1 fully saturated rings. The van der Waals surface area contributed by atoms with E-state index in [2.05, 4.69) is 10.3 Å². The maximum absolute atomic E-state index is 13.0. The van der Waals surface area contributed by atoms with E-state index in [0.717, 1.165) is 29.5 Å². The largest absolute Gasteiger partial charge is 0.355 e. The van der Waals surface area contributed by atoms with Crippen LogP contribution in [0, 0.1) is 11.8 Å². The van der Waals surface area contributed by atoms with Crippen LogP contribution in [0.4, 0.5) is 5.95 Å². The van der Waals surface area contributed by atoms with Crippen LogP contribution in [0.25, 0.3) is 11.2 Å². The van der Waals surface area contributed by atoms with E-state index in [1.807, 2.05) is 6.07 Å². The van der Waals surface area contributed by atoms with Gasteiger partial charge in [-0.1, -0.05) is 35.7 Å². The topological polar surface area (TPSA) is 99.9 Å². The highest BCUT2D eigenvalue weighted by Crippen LogP contribution is 2.29. The van der Waals surface area contributed by atoms with Gasteiger partial charge in [-0.25, -0.2) is 4.79 Å². The lowest BCUT2D eigenvalue weighted by molar-refractivity contribution is 0.281. The predicted molar refractivity (Wildman–Crippen MR) is 129 cm³/mol. The van der Waals surface area contributed by atoms with Gasteiger partial charge in [0.2, 0.25) is 5.95 Å². The van der Waals surface area contributed by atoms with E-state index < -0.39 is 11.2 Å². The fourth-order valence-corrected chi connectivity index (χ4v) is 5.06. The number of benzene rings is 1. The molecule has 0 amide bonds. The number of rotatable bonds is 6. The van der Waals surface area contributed by atoms with Crippen molar-refractivity contribution < 1.29 is 0 Å². The molecule has 0 radical (unpaired) electrons. The Kier molecular flexibility index (Phi) is 6.65.